The zero-order valence-electron chi connectivity index (χ0n) is 25.3. The van der Waals surface area contributed by atoms with Crippen molar-refractivity contribution in [2.75, 3.05) is 26.2 Å². The summed E-state index contributed by atoms with van der Waals surface area (Å²) in [5, 5.41) is 11.5. The predicted octanol–water partition coefficient (Wildman–Crippen LogP) is 5.98. The minimum absolute atomic E-state index is 0.0766. The number of ether oxygens (including phenoxy) is 2. The summed E-state index contributed by atoms with van der Waals surface area (Å²) in [5.74, 6) is -1.91. The van der Waals surface area contributed by atoms with Crippen LogP contribution in [0.3, 0.4) is 0 Å². The molecule has 2 atom stereocenters. The second-order valence-corrected chi connectivity index (χ2v) is 11.4. The van der Waals surface area contributed by atoms with Gasteiger partial charge in [0.1, 0.15) is 6.61 Å². The molecule has 0 radical (unpaired) electrons. The third-order valence-electron chi connectivity index (χ3n) is 8.72. The zero-order valence-corrected chi connectivity index (χ0v) is 25.3. The predicted molar refractivity (Wildman–Crippen MR) is 167 cm³/mol. The van der Waals surface area contributed by atoms with Gasteiger partial charge in [0.2, 0.25) is 0 Å². The average Bonchev–Trinajstić information content (AvgIpc) is 3.03. The molecule has 1 saturated heterocycles. The molecule has 0 N–H and O–H groups in total. The molecule has 0 aliphatic carbocycles. The molecule has 3 aromatic carbocycles. The van der Waals surface area contributed by atoms with Crippen molar-refractivity contribution in [3.8, 4) is 0 Å². The lowest BCUT2D eigenvalue weighted by molar-refractivity contribution is -0.384. The highest BCUT2D eigenvalue weighted by molar-refractivity contribution is 5.99. The van der Waals surface area contributed by atoms with Crippen LogP contribution in [0, 0.1) is 10.1 Å². The van der Waals surface area contributed by atoms with Gasteiger partial charge in [-0.25, -0.2) is 4.79 Å². The molecule has 0 spiro atoms. The number of likely N-dealkylation sites (tertiary alicyclic amines) is 1. The maximum absolute atomic E-state index is 13.6. The summed E-state index contributed by atoms with van der Waals surface area (Å²) in [6.45, 7) is 7.12. The van der Waals surface area contributed by atoms with E-state index in [0.717, 1.165) is 25.9 Å². The first-order valence-electron chi connectivity index (χ1n) is 14.9. The summed E-state index contributed by atoms with van der Waals surface area (Å²) in [6.07, 6.45) is 0.977. The first-order valence-corrected chi connectivity index (χ1v) is 14.9. The van der Waals surface area contributed by atoms with E-state index in [2.05, 4.69) is 58.4 Å². The number of hydrogen-bond donors (Lipinski definition) is 0. The van der Waals surface area contributed by atoms with Gasteiger partial charge in [-0.1, -0.05) is 72.8 Å². The van der Waals surface area contributed by atoms with Crippen LogP contribution in [0.25, 0.3) is 0 Å². The van der Waals surface area contributed by atoms with Crippen molar-refractivity contribution in [3.63, 3.8) is 0 Å². The van der Waals surface area contributed by atoms with E-state index in [1.54, 1.807) is 26.0 Å². The molecule has 2 heterocycles. The smallest absolute Gasteiger partial charge is 0.336 e. The van der Waals surface area contributed by atoms with E-state index >= 15 is 0 Å². The zero-order chi connectivity index (χ0) is 31.3. The topological polar surface area (TPSA) is 111 Å². The Morgan fingerprint density at radius 1 is 0.955 bits per heavy atom. The van der Waals surface area contributed by atoms with Crippen LogP contribution in [0.1, 0.15) is 56.2 Å². The highest BCUT2D eigenvalue weighted by atomic mass is 16.6. The quantitative estimate of drug-likeness (QED) is 0.170. The molecule has 2 aliphatic rings. The van der Waals surface area contributed by atoms with Crippen LogP contribution in [0.5, 0.6) is 0 Å². The van der Waals surface area contributed by atoms with Gasteiger partial charge in [-0.2, -0.15) is 0 Å². The fourth-order valence-electron chi connectivity index (χ4n) is 6.55. The fraction of sp³-hybridized carbons (Fsp3) is 0.343. The number of carbonyl (C=O) groups excluding carboxylic acids is 2. The number of hydrogen-bond acceptors (Lipinski definition) is 8. The molecule has 44 heavy (non-hydrogen) atoms. The van der Waals surface area contributed by atoms with E-state index in [1.807, 2.05) is 12.1 Å². The van der Waals surface area contributed by atoms with Crippen molar-refractivity contribution < 1.29 is 24.0 Å². The van der Waals surface area contributed by atoms with Crippen LogP contribution < -0.4 is 0 Å². The van der Waals surface area contributed by atoms with E-state index in [-0.39, 0.29) is 23.3 Å². The Morgan fingerprint density at radius 3 is 2.14 bits per heavy atom. The van der Waals surface area contributed by atoms with Crippen LogP contribution in [0.4, 0.5) is 5.69 Å². The van der Waals surface area contributed by atoms with Crippen molar-refractivity contribution >= 4 is 23.3 Å². The SMILES string of the molecule is CC(=O)OC1C(C)=NC(C)=C(C(=O)OCCN2CCC(c3ccccc3)(c3ccccc3)CC2)C1c1cccc([N+](=O)[O-])c1. The molecule has 228 valence electrons. The molecule has 5 rings (SSSR count). The van der Waals surface area contributed by atoms with Crippen LogP contribution in [0.2, 0.25) is 0 Å². The monoisotopic (exact) mass is 595 g/mol. The third-order valence-corrected chi connectivity index (χ3v) is 8.72. The summed E-state index contributed by atoms with van der Waals surface area (Å²) in [5.41, 5.74) is 4.05. The number of nitrogens with zero attached hydrogens (tertiary/aromatic N) is 3. The number of rotatable bonds is 9. The lowest BCUT2D eigenvalue weighted by Gasteiger charge is -2.43. The Morgan fingerprint density at radius 2 is 1.57 bits per heavy atom. The van der Waals surface area contributed by atoms with Crippen LogP contribution in [-0.2, 0) is 24.5 Å². The van der Waals surface area contributed by atoms with Gasteiger partial charge in [-0.05, 0) is 56.5 Å². The van der Waals surface area contributed by atoms with E-state index in [0.29, 0.717) is 23.5 Å². The van der Waals surface area contributed by atoms with Crippen molar-refractivity contribution in [2.45, 2.75) is 51.0 Å². The second-order valence-electron chi connectivity index (χ2n) is 11.4. The van der Waals surface area contributed by atoms with Crippen LogP contribution >= 0.6 is 0 Å². The van der Waals surface area contributed by atoms with Crippen molar-refractivity contribution in [2.24, 2.45) is 4.99 Å². The molecule has 9 nitrogen and oxygen atoms in total. The van der Waals surface area contributed by atoms with Crippen molar-refractivity contribution in [3.05, 3.63) is 123 Å². The van der Waals surface area contributed by atoms with E-state index in [1.165, 1.54) is 30.2 Å². The summed E-state index contributed by atoms with van der Waals surface area (Å²) in [4.78, 5) is 43.5. The van der Waals surface area contributed by atoms with Gasteiger partial charge < -0.3 is 9.47 Å². The van der Waals surface area contributed by atoms with Crippen LogP contribution in [-0.4, -0.2) is 59.8 Å². The minimum atomic E-state index is -0.896. The molecule has 1 fully saturated rings. The van der Waals surface area contributed by atoms with Gasteiger partial charge in [-0.3, -0.25) is 24.8 Å². The average molecular weight is 596 g/mol. The van der Waals surface area contributed by atoms with Crippen molar-refractivity contribution in [1.29, 1.82) is 0 Å². The molecule has 0 amide bonds. The number of carbonyl (C=O) groups is 2. The lowest BCUT2D eigenvalue weighted by atomic mass is 9.68. The van der Waals surface area contributed by atoms with E-state index < -0.39 is 28.9 Å². The molecular weight excluding hydrogens is 558 g/mol. The van der Waals surface area contributed by atoms with Gasteiger partial charge in [-0.15, -0.1) is 0 Å². The highest BCUT2D eigenvalue weighted by Crippen LogP contribution is 2.42. The van der Waals surface area contributed by atoms with Gasteiger partial charge in [0, 0.05) is 36.7 Å². The first-order chi connectivity index (χ1) is 21.2. The van der Waals surface area contributed by atoms with Gasteiger partial charge in [0.15, 0.2) is 6.10 Å². The number of non-ortho nitro benzene ring substituents is 1. The second kappa shape index (κ2) is 13.3. The molecule has 2 aliphatic heterocycles. The normalized spacial score (nSPS) is 20.0. The van der Waals surface area contributed by atoms with E-state index in [4.69, 9.17) is 9.47 Å². The largest absolute Gasteiger partial charge is 0.461 e. The Labute approximate surface area is 257 Å². The van der Waals surface area contributed by atoms with Crippen molar-refractivity contribution in [1.82, 2.24) is 4.90 Å². The molecule has 0 aromatic heterocycles. The molecular formula is C35H37N3O6. The number of allylic oxidation sites excluding steroid dienone is 1. The number of nitro benzene ring substituents is 1. The Kier molecular flexibility index (Phi) is 9.35. The van der Waals surface area contributed by atoms with Crippen LogP contribution in [0.15, 0.2) is 101 Å². The Hall–Kier alpha value is -4.63. The molecule has 0 bridgehead atoms. The maximum atomic E-state index is 13.6. The number of benzene rings is 3. The standard InChI is InChI=1S/C35H37N3O6/c1-24-31(32(33(25(2)36-24)44-26(3)39)27-11-10-16-30(23-27)38(41)42)34(40)43-22-21-37-19-17-35(18-20-37,28-12-6-4-7-13-28)29-14-8-5-9-15-29/h4-16,23,32-33H,17-22H2,1-3H3. The summed E-state index contributed by atoms with van der Waals surface area (Å²) >= 11 is 0. The van der Waals surface area contributed by atoms with E-state index in [9.17, 15) is 19.7 Å². The van der Waals surface area contributed by atoms with Gasteiger partial charge >= 0.3 is 11.9 Å². The maximum Gasteiger partial charge on any atom is 0.336 e. The number of aliphatic imine (C=N–C) groups is 1. The van der Waals surface area contributed by atoms with Gasteiger partial charge in [0.05, 0.1) is 22.1 Å². The molecule has 2 unspecified atom stereocenters. The first kappa shape index (κ1) is 30.8. The molecule has 9 heteroatoms. The summed E-state index contributed by atoms with van der Waals surface area (Å²) in [6, 6.07) is 27.3. The number of nitro groups is 1. The number of esters is 2. The minimum Gasteiger partial charge on any atom is -0.461 e. The highest BCUT2D eigenvalue weighted by Gasteiger charge is 2.41. The summed E-state index contributed by atoms with van der Waals surface area (Å²) < 4.78 is 11.4. The van der Waals surface area contributed by atoms with Gasteiger partial charge in [0.25, 0.3) is 5.69 Å². The summed E-state index contributed by atoms with van der Waals surface area (Å²) in [7, 11) is 0. The number of piperidine rings is 1. The molecule has 3 aromatic rings. The Balaban J connectivity index is 1.30. The Bertz CT molecular complexity index is 1530. The lowest BCUT2D eigenvalue weighted by Crippen LogP contribution is -2.44. The molecule has 0 saturated carbocycles. The fourth-order valence-corrected chi connectivity index (χ4v) is 6.55. The third kappa shape index (κ3) is 6.48.